The zero-order valence-corrected chi connectivity index (χ0v) is 44.3. The standard InChI is InChI=1S/C63H100O6/c1-4-7-10-13-16-19-22-25-28-30-31-33-36-39-42-45-48-51-54-57-63(66)69-60(58-67-61(64)55-52-49-46-43-40-37-34-27-24-21-18-15-12-9-6-3)59-68-62(65)56-53-50-47-44-41-38-35-32-29-26-23-20-17-14-11-8-5-2/h7-8,10-11,16-17,19-20,25-29,31,33-35,38-39,42,44,47,60H,4-6,9,12-15,18,21-24,30,32,36-37,40-41,43,45-46,48-59H2,1-3H3/b10-7-,11-8-,19-16-,20-17-,28-25-,29-26-,33-31-,34-27-,38-35-,42-39-,47-44-/t60-/m0/s1. The average Bonchev–Trinajstić information content (AvgIpc) is 3.35. The normalized spacial score (nSPS) is 13.1. The molecule has 0 aromatic rings. The van der Waals surface area contributed by atoms with Crippen molar-refractivity contribution in [2.45, 2.75) is 232 Å². The molecule has 0 aliphatic carbocycles. The highest BCUT2D eigenvalue weighted by Gasteiger charge is 2.19. The van der Waals surface area contributed by atoms with E-state index in [1.807, 2.05) is 0 Å². The Balaban J connectivity index is 4.58. The van der Waals surface area contributed by atoms with Crippen LogP contribution in [0, 0.1) is 0 Å². The molecule has 6 nitrogen and oxygen atoms in total. The lowest BCUT2D eigenvalue weighted by Gasteiger charge is -2.18. The highest BCUT2D eigenvalue weighted by atomic mass is 16.6. The lowest BCUT2D eigenvalue weighted by molar-refractivity contribution is -0.167. The molecular formula is C63H100O6. The van der Waals surface area contributed by atoms with E-state index in [0.717, 1.165) is 122 Å². The van der Waals surface area contributed by atoms with E-state index in [0.29, 0.717) is 19.3 Å². The summed E-state index contributed by atoms with van der Waals surface area (Å²) in [6.07, 6.45) is 78.7. The molecule has 388 valence electrons. The lowest BCUT2D eigenvalue weighted by atomic mass is 10.1. The summed E-state index contributed by atoms with van der Waals surface area (Å²) in [6, 6.07) is 0. The molecule has 0 rings (SSSR count). The molecule has 0 fully saturated rings. The van der Waals surface area contributed by atoms with Crippen molar-refractivity contribution >= 4 is 17.9 Å². The van der Waals surface area contributed by atoms with Crippen molar-refractivity contribution < 1.29 is 28.6 Å². The highest BCUT2D eigenvalue weighted by Crippen LogP contribution is 2.12. The second-order valence-electron chi connectivity index (χ2n) is 17.7. The zero-order chi connectivity index (χ0) is 50.0. The van der Waals surface area contributed by atoms with Crippen molar-refractivity contribution in [2.75, 3.05) is 13.2 Å². The second kappa shape index (κ2) is 56.1. The summed E-state index contributed by atoms with van der Waals surface area (Å²) in [5.74, 6) is -1.03. The molecule has 0 aliphatic heterocycles. The number of hydrogen-bond acceptors (Lipinski definition) is 6. The Morgan fingerprint density at radius 3 is 0.971 bits per heavy atom. The van der Waals surface area contributed by atoms with Gasteiger partial charge in [0.05, 0.1) is 0 Å². The monoisotopic (exact) mass is 953 g/mol. The fourth-order valence-corrected chi connectivity index (χ4v) is 7.03. The number of ether oxygens (including phenoxy) is 3. The van der Waals surface area contributed by atoms with Crippen molar-refractivity contribution in [2.24, 2.45) is 0 Å². The number of unbranched alkanes of at least 4 members (excludes halogenated alkanes) is 15. The molecule has 0 amide bonds. The molecule has 0 aromatic heterocycles. The maximum absolute atomic E-state index is 12.8. The molecule has 0 N–H and O–H groups in total. The second-order valence-corrected chi connectivity index (χ2v) is 17.7. The SMILES string of the molecule is CC/C=C\C/C=C\C/C=C\C/C=C\C/C=C\CCCCCC(=O)O[C@H](COC(=O)CCC/C=C\C/C=C\C/C=C\C/C=C\C/C=C\CC)COC(=O)CCCCCCC/C=C\CCCCCCCC. The third kappa shape index (κ3) is 54.4. The fraction of sp³-hybridized carbons (Fsp3) is 0.603. The summed E-state index contributed by atoms with van der Waals surface area (Å²) >= 11 is 0. The van der Waals surface area contributed by atoms with Crippen molar-refractivity contribution in [3.8, 4) is 0 Å². The predicted molar refractivity (Wildman–Crippen MR) is 297 cm³/mol. The van der Waals surface area contributed by atoms with Crippen LogP contribution in [0.2, 0.25) is 0 Å². The quantitative estimate of drug-likeness (QED) is 0.0262. The predicted octanol–water partition coefficient (Wildman–Crippen LogP) is 18.6. The Hall–Kier alpha value is -4.45. The first-order valence-corrected chi connectivity index (χ1v) is 27.7. The number of rotatable bonds is 48. The van der Waals surface area contributed by atoms with Crippen LogP contribution in [0.4, 0.5) is 0 Å². The molecule has 0 spiro atoms. The minimum absolute atomic E-state index is 0.118. The molecule has 0 bridgehead atoms. The first kappa shape index (κ1) is 64.5. The highest BCUT2D eigenvalue weighted by molar-refractivity contribution is 5.71. The van der Waals surface area contributed by atoms with E-state index in [4.69, 9.17) is 14.2 Å². The number of esters is 3. The Kier molecular flexibility index (Phi) is 52.5. The van der Waals surface area contributed by atoms with E-state index in [2.05, 4.69) is 154 Å². The molecule has 69 heavy (non-hydrogen) atoms. The van der Waals surface area contributed by atoms with Crippen LogP contribution in [0.25, 0.3) is 0 Å². The third-order valence-corrected chi connectivity index (χ3v) is 11.1. The van der Waals surface area contributed by atoms with Crippen LogP contribution >= 0.6 is 0 Å². The van der Waals surface area contributed by atoms with E-state index in [1.54, 1.807) is 0 Å². The molecule has 0 aliphatic rings. The van der Waals surface area contributed by atoms with Crippen LogP contribution in [-0.2, 0) is 28.6 Å². The number of carbonyl (C=O) groups is 3. The van der Waals surface area contributed by atoms with Crippen molar-refractivity contribution in [3.63, 3.8) is 0 Å². The number of allylic oxidation sites excluding steroid dienone is 22. The van der Waals surface area contributed by atoms with Gasteiger partial charge >= 0.3 is 17.9 Å². The van der Waals surface area contributed by atoms with Crippen molar-refractivity contribution in [3.05, 3.63) is 134 Å². The molecule has 0 unspecified atom stereocenters. The van der Waals surface area contributed by atoms with Gasteiger partial charge in [0.2, 0.25) is 0 Å². The molecule has 0 aromatic carbocycles. The number of hydrogen-bond donors (Lipinski definition) is 0. The van der Waals surface area contributed by atoms with Crippen LogP contribution in [0.15, 0.2) is 134 Å². The minimum atomic E-state index is -0.827. The molecule has 0 saturated heterocycles. The Morgan fingerprint density at radius 2 is 0.580 bits per heavy atom. The van der Waals surface area contributed by atoms with Gasteiger partial charge in [-0.3, -0.25) is 14.4 Å². The van der Waals surface area contributed by atoms with Gasteiger partial charge in [-0.1, -0.05) is 212 Å². The van der Waals surface area contributed by atoms with Crippen LogP contribution in [0.3, 0.4) is 0 Å². The average molecular weight is 953 g/mol. The van der Waals surface area contributed by atoms with Gasteiger partial charge in [0.1, 0.15) is 13.2 Å². The third-order valence-electron chi connectivity index (χ3n) is 11.1. The topological polar surface area (TPSA) is 78.9 Å². The molecule has 1 atom stereocenters. The largest absolute Gasteiger partial charge is 0.462 e. The fourth-order valence-electron chi connectivity index (χ4n) is 7.03. The maximum atomic E-state index is 12.8. The summed E-state index contributed by atoms with van der Waals surface area (Å²) in [5, 5.41) is 0. The van der Waals surface area contributed by atoms with Gasteiger partial charge in [0, 0.05) is 19.3 Å². The Bertz CT molecular complexity index is 1510. The van der Waals surface area contributed by atoms with Crippen LogP contribution in [0.5, 0.6) is 0 Å². The Labute approximate surface area is 424 Å². The van der Waals surface area contributed by atoms with Crippen LogP contribution in [0.1, 0.15) is 226 Å². The molecule has 0 saturated carbocycles. The molecule has 0 heterocycles. The number of carbonyl (C=O) groups excluding carboxylic acids is 3. The van der Waals surface area contributed by atoms with Crippen LogP contribution in [-0.4, -0.2) is 37.2 Å². The Morgan fingerprint density at radius 1 is 0.304 bits per heavy atom. The summed E-state index contributed by atoms with van der Waals surface area (Å²) in [7, 11) is 0. The van der Waals surface area contributed by atoms with Gasteiger partial charge in [-0.25, -0.2) is 0 Å². The van der Waals surface area contributed by atoms with Gasteiger partial charge in [0.15, 0.2) is 6.10 Å². The van der Waals surface area contributed by atoms with Crippen molar-refractivity contribution in [1.82, 2.24) is 0 Å². The van der Waals surface area contributed by atoms with Gasteiger partial charge in [0.25, 0.3) is 0 Å². The minimum Gasteiger partial charge on any atom is -0.462 e. The van der Waals surface area contributed by atoms with Gasteiger partial charge in [-0.05, 0) is 128 Å². The van der Waals surface area contributed by atoms with Gasteiger partial charge in [-0.15, -0.1) is 0 Å². The molecule has 0 radical (unpaired) electrons. The van der Waals surface area contributed by atoms with Crippen molar-refractivity contribution in [1.29, 1.82) is 0 Å². The van der Waals surface area contributed by atoms with E-state index in [-0.39, 0.29) is 44.0 Å². The summed E-state index contributed by atoms with van der Waals surface area (Å²) in [6.45, 7) is 6.31. The van der Waals surface area contributed by atoms with Gasteiger partial charge < -0.3 is 14.2 Å². The first-order valence-electron chi connectivity index (χ1n) is 27.7. The summed E-state index contributed by atoms with van der Waals surface area (Å²) < 4.78 is 16.8. The summed E-state index contributed by atoms with van der Waals surface area (Å²) in [4.78, 5) is 38.1. The molecule has 6 heteroatoms. The van der Waals surface area contributed by atoms with Crippen LogP contribution < -0.4 is 0 Å². The maximum Gasteiger partial charge on any atom is 0.306 e. The lowest BCUT2D eigenvalue weighted by Crippen LogP contribution is -2.30. The van der Waals surface area contributed by atoms with E-state index in [1.165, 1.54) is 51.4 Å². The van der Waals surface area contributed by atoms with E-state index < -0.39 is 6.10 Å². The molecular weight excluding hydrogens is 853 g/mol. The van der Waals surface area contributed by atoms with E-state index >= 15 is 0 Å². The smallest absolute Gasteiger partial charge is 0.306 e. The van der Waals surface area contributed by atoms with Gasteiger partial charge in [-0.2, -0.15) is 0 Å². The summed E-state index contributed by atoms with van der Waals surface area (Å²) in [5.41, 5.74) is 0. The zero-order valence-electron chi connectivity index (χ0n) is 44.3. The first-order chi connectivity index (χ1) is 34.0. The van der Waals surface area contributed by atoms with E-state index in [9.17, 15) is 14.4 Å².